The number of hydrogen-bond donors (Lipinski definition) is 0. The van der Waals surface area contributed by atoms with Gasteiger partial charge in [0.1, 0.15) is 0 Å². The fourth-order valence-electron chi connectivity index (χ4n) is 2.80. The maximum absolute atomic E-state index is 12.2. The van der Waals surface area contributed by atoms with Crippen LogP contribution in [0.15, 0.2) is 27.7 Å². The second kappa shape index (κ2) is 8.89. The molecule has 0 spiro atoms. The SMILES string of the molecule is C#CCn1c(=NC(=O)CSCC(=O)N2CCCC2)sc2cc(Br)ccc21. The van der Waals surface area contributed by atoms with Gasteiger partial charge in [-0.2, -0.15) is 4.99 Å². The first kappa shape index (κ1) is 19.2. The van der Waals surface area contributed by atoms with Gasteiger partial charge in [0.25, 0.3) is 5.91 Å². The van der Waals surface area contributed by atoms with Gasteiger partial charge in [-0.1, -0.05) is 33.2 Å². The Kier molecular flexibility index (Phi) is 6.57. The zero-order valence-corrected chi connectivity index (χ0v) is 17.3. The molecule has 1 aromatic carbocycles. The second-order valence-corrected chi connectivity index (χ2v) is 8.78. The molecular formula is C18H18BrN3O2S2. The van der Waals surface area contributed by atoms with E-state index in [1.54, 1.807) is 0 Å². The maximum Gasteiger partial charge on any atom is 0.258 e. The van der Waals surface area contributed by atoms with Gasteiger partial charge >= 0.3 is 0 Å². The van der Waals surface area contributed by atoms with Gasteiger partial charge in [0, 0.05) is 17.6 Å². The number of carbonyl (C=O) groups excluding carboxylic acids is 2. The normalized spacial score (nSPS) is 14.8. The first-order chi connectivity index (χ1) is 12.6. The van der Waals surface area contributed by atoms with Crippen molar-refractivity contribution in [3.8, 4) is 12.3 Å². The van der Waals surface area contributed by atoms with Crippen molar-refractivity contribution in [2.45, 2.75) is 19.4 Å². The van der Waals surface area contributed by atoms with E-state index < -0.39 is 0 Å². The van der Waals surface area contributed by atoms with E-state index in [0.717, 1.165) is 40.6 Å². The number of fused-ring (bicyclic) bond motifs is 1. The minimum absolute atomic E-state index is 0.106. The number of benzene rings is 1. The van der Waals surface area contributed by atoms with Crippen LogP contribution < -0.4 is 4.80 Å². The van der Waals surface area contributed by atoms with Crippen LogP contribution in [0.5, 0.6) is 0 Å². The Labute approximate surface area is 168 Å². The van der Waals surface area contributed by atoms with Crippen LogP contribution in [0.25, 0.3) is 10.2 Å². The van der Waals surface area contributed by atoms with Crippen LogP contribution in [-0.4, -0.2) is 45.9 Å². The van der Waals surface area contributed by atoms with Crippen molar-refractivity contribution in [1.82, 2.24) is 9.47 Å². The van der Waals surface area contributed by atoms with Crippen LogP contribution in [0.3, 0.4) is 0 Å². The largest absolute Gasteiger partial charge is 0.342 e. The second-order valence-electron chi connectivity index (χ2n) is 5.87. The molecule has 26 heavy (non-hydrogen) atoms. The van der Waals surface area contributed by atoms with Gasteiger partial charge in [-0.15, -0.1) is 18.2 Å². The molecule has 2 amide bonds. The minimum Gasteiger partial charge on any atom is -0.342 e. The number of terminal acetylenes is 1. The average molecular weight is 452 g/mol. The summed E-state index contributed by atoms with van der Waals surface area (Å²) >= 11 is 6.20. The molecule has 136 valence electrons. The molecule has 1 aromatic heterocycles. The molecule has 1 aliphatic rings. The number of thiazole rings is 1. The third-order valence-corrected chi connectivity index (χ3v) is 6.46. The van der Waals surface area contributed by atoms with E-state index in [4.69, 9.17) is 6.42 Å². The number of amides is 2. The van der Waals surface area contributed by atoms with Gasteiger partial charge in [0.2, 0.25) is 5.91 Å². The van der Waals surface area contributed by atoms with Crippen LogP contribution in [0.1, 0.15) is 12.8 Å². The number of nitrogens with zero attached hydrogens (tertiary/aromatic N) is 3. The van der Waals surface area contributed by atoms with E-state index >= 15 is 0 Å². The molecule has 0 aliphatic carbocycles. The number of thioether (sulfide) groups is 1. The molecular weight excluding hydrogens is 434 g/mol. The Hall–Kier alpha value is -1.56. The summed E-state index contributed by atoms with van der Waals surface area (Å²) in [5.41, 5.74) is 0.958. The highest BCUT2D eigenvalue weighted by molar-refractivity contribution is 9.10. The summed E-state index contributed by atoms with van der Waals surface area (Å²) in [6.07, 6.45) is 7.61. The molecule has 2 aromatic rings. The Morgan fingerprint density at radius 3 is 2.81 bits per heavy atom. The molecule has 2 heterocycles. The van der Waals surface area contributed by atoms with Crippen LogP contribution in [-0.2, 0) is 16.1 Å². The van der Waals surface area contributed by atoms with E-state index in [9.17, 15) is 9.59 Å². The molecule has 0 saturated carbocycles. The molecule has 1 saturated heterocycles. The lowest BCUT2D eigenvalue weighted by Gasteiger charge is -2.14. The first-order valence-corrected chi connectivity index (χ1v) is 11.0. The van der Waals surface area contributed by atoms with Crippen molar-refractivity contribution in [3.05, 3.63) is 27.5 Å². The minimum atomic E-state index is -0.249. The first-order valence-electron chi connectivity index (χ1n) is 8.24. The smallest absolute Gasteiger partial charge is 0.258 e. The van der Waals surface area contributed by atoms with Crippen molar-refractivity contribution in [1.29, 1.82) is 0 Å². The number of carbonyl (C=O) groups is 2. The molecule has 5 nitrogen and oxygen atoms in total. The van der Waals surface area contributed by atoms with Crippen LogP contribution >= 0.6 is 39.0 Å². The summed E-state index contributed by atoms with van der Waals surface area (Å²) in [7, 11) is 0. The summed E-state index contributed by atoms with van der Waals surface area (Å²) < 4.78 is 3.84. The summed E-state index contributed by atoms with van der Waals surface area (Å²) in [4.78, 5) is 30.9. The molecule has 0 N–H and O–H groups in total. The van der Waals surface area contributed by atoms with Gasteiger partial charge in [-0.05, 0) is 31.0 Å². The van der Waals surface area contributed by atoms with Gasteiger partial charge in [-0.25, -0.2) is 0 Å². The molecule has 0 atom stereocenters. The number of rotatable bonds is 5. The fraction of sp³-hybridized carbons (Fsp3) is 0.389. The van der Waals surface area contributed by atoms with Crippen molar-refractivity contribution in [3.63, 3.8) is 0 Å². The van der Waals surface area contributed by atoms with E-state index in [1.807, 2.05) is 27.7 Å². The standard InChI is InChI=1S/C18H18BrN3O2S2/c1-2-7-22-14-6-5-13(19)10-15(14)26-18(22)20-16(23)11-25-12-17(24)21-8-3-4-9-21/h1,5-6,10H,3-4,7-9,11-12H2. The molecule has 3 rings (SSSR count). The van der Waals surface area contributed by atoms with Gasteiger partial charge in [0.05, 0.1) is 28.3 Å². The lowest BCUT2D eigenvalue weighted by Crippen LogP contribution is -2.29. The summed E-state index contributed by atoms with van der Waals surface area (Å²) in [5, 5.41) is 0. The maximum atomic E-state index is 12.2. The topological polar surface area (TPSA) is 54.7 Å². The zero-order chi connectivity index (χ0) is 18.5. The Balaban J connectivity index is 1.70. The molecule has 0 radical (unpaired) electrons. The summed E-state index contributed by atoms with van der Waals surface area (Å²) in [6.45, 7) is 2.02. The predicted octanol–water partition coefficient (Wildman–Crippen LogP) is 2.88. The lowest BCUT2D eigenvalue weighted by atomic mass is 10.3. The van der Waals surface area contributed by atoms with Crippen molar-refractivity contribution >= 4 is 61.1 Å². The predicted molar refractivity (Wildman–Crippen MR) is 110 cm³/mol. The number of hydrogen-bond acceptors (Lipinski definition) is 4. The average Bonchev–Trinajstić information content (AvgIpc) is 3.24. The summed E-state index contributed by atoms with van der Waals surface area (Å²) in [6, 6.07) is 5.88. The molecule has 1 fully saturated rings. The highest BCUT2D eigenvalue weighted by Crippen LogP contribution is 2.22. The Morgan fingerprint density at radius 2 is 2.08 bits per heavy atom. The van der Waals surface area contributed by atoms with Crippen LogP contribution in [0.4, 0.5) is 0 Å². The van der Waals surface area contributed by atoms with Crippen molar-refractivity contribution in [2.75, 3.05) is 24.6 Å². The van der Waals surface area contributed by atoms with Crippen molar-refractivity contribution < 1.29 is 9.59 Å². The van der Waals surface area contributed by atoms with Gasteiger partial charge < -0.3 is 9.47 Å². The highest BCUT2D eigenvalue weighted by Gasteiger charge is 2.17. The molecule has 8 heteroatoms. The Bertz CT molecular complexity index is 936. The quantitative estimate of drug-likeness (QED) is 0.656. The zero-order valence-electron chi connectivity index (χ0n) is 14.1. The van der Waals surface area contributed by atoms with E-state index in [0.29, 0.717) is 17.1 Å². The molecule has 1 aliphatic heterocycles. The van der Waals surface area contributed by atoms with Crippen LogP contribution in [0, 0.1) is 12.3 Å². The fourth-order valence-corrected chi connectivity index (χ4v) is 5.10. The van der Waals surface area contributed by atoms with E-state index in [1.165, 1.54) is 23.1 Å². The van der Waals surface area contributed by atoms with E-state index in [-0.39, 0.29) is 17.6 Å². The van der Waals surface area contributed by atoms with E-state index in [2.05, 4.69) is 26.8 Å². The third kappa shape index (κ3) is 4.58. The van der Waals surface area contributed by atoms with Gasteiger partial charge in [-0.3, -0.25) is 9.59 Å². The summed E-state index contributed by atoms with van der Waals surface area (Å²) in [5.74, 6) is 2.98. The molecule has 0 unspecified atom stereocenters. The van der Waals surface area contributed by atoms with Gasteiger partial charge in [0.15, 0.2) is 4.80 Å². The lowest BCUT2D eigenvalue weighted by molar-refractivity contribution is -0.127. The monoisotopic (exact) mass is 451 g/mol. The Morgan fingerprint density at radius 1 is 1.31 bits per heavy atom. The third-order valence-electron chi connectivity index (χ3n) is 4.02. The number of aromatic nitrogens is 1. The van der Waals surface area contributed by atoms with Crippen LogP contribution in [0.2, 0.25) is 0 Å². The highest BCUT2D eigenvalue weighted by atomic mass is 79.9. The number of likely N-dealkylation sites (tertiary alicyclic amines) is 1. The number of halogens is 1. The van der Waals surface area contributed by atoms with Crippen molar-refractivity contribution in [2.24, 2.45) is 4.99 Å². The molecule has 0 bridgehead atoms.